The summed E-state index contributed by atoms with van der Waals surface area (Å²) in [5.41, 5.74) is 7.73. The van der Waals surface area contributed by atoms with Crippen LogP contribution in [-0.2, 0) is 4.79 Å². The van der Waals surface area contributed by atoms with Crippen molar-refractivity contribution in [2.75, 3.05) is 18.5 Å². The Balaban J connectivity index is 2.46. The predicted molar refractivity (Wildman–Crippen MR) is 75.3 cm³/mol. The van der Waals surface area contributed by atoms with Crippen molar-refractivity contribution in [2.45, 2.75) is 13.8 Å². The third-order valence-corrected chi connectivity index (χ3v) is 2.67. The summed E-state index contributed by atoms with van der Waals surface area (Å²) in [6.45, 7) is 4.54. The van der Waals surface area contributed by atoms with Gasteiger partial charge in [-0.2, -0.15) is 0 Å². The molecule has 0 saturated heterocycles. The minimum Gasteiger partial charge on any atom is -0.494 e. The van der Waals surface area contributed by atoms with Gasteiger partial charge in [0.2, 0.25) is 5.91 Å². The topological polar surface area (TPSA) is 77.2 Å². The van der Waals surface area contributed by atoms with Crippen LogP contribution in [-0.4, -0.2) is 24.0 Å². The van der Waals surface area contributed by atoms with Crippen molar-refractivity contribution in [3.8, 4) is 5.75 Å². The molecular weight excluding hydrogens is 242 g/mol. The first-order valence-electron chi connectivity index (χ1n) is 6.16. The van der Waals surface area contributed by atoms with Gasteiger partial charge in [-0.3, -0.25) is 9.78 Å². The van der Waals surface area contributed by atoms with Gasteiger partial charge in [0.1, 0.15) is 5.75 Å². The van der Waals surface area contributed by atoms with E-state index in [2.05, 4.69) is 10.3 Å². The lowest BCUT2D eigenvalue weighted by molar-refractivity contribution is -0.116. The Labute approximate surface area is 111 Å². The molecule has 0 fully saturated rings. The lowest BCUT2D eigenvalue weighted by Crippen LogP contribution is -2.22. The number of primary amides is 1. The summed E-state index contributed by atoms with van der Waals surface area (Å²) < 4.78 is 5.48. The van der Waals surface area contributed by atoms with Crippen molar-refractivity contribution in [1.82, 2.24) is 4.98 Å². The molecule has 0 spiro atoms. The van der Waals surface area contributed by atoms with E-state index in [1.807, 2.05) is 38.1 Å². The van der Waals surface area contributed by atoms with Gasteiger partial charge < -0.3 is 15.8 Å². The van der Waals surface area contributed by atoms with E-state index in [1.54, 1.807) is 0 Å². The van der Waals surface area contributed by atoms with Crippen molar-refractivity contribution in [1.29, 1.82) is 0 Å². The molecule has 0 aliphatic heterocycles. The number of nitrogens with zero attached hydrogens (tertiary/aromatic N) is 1. The number of pyridine rings is 1. The molecule has 1 amide bonds. The summed E-state index contributed by atoms with van der Waals surface area (Å²) in [4.78, 5) is 15.3. The third kappa shape index (κ3) is 3.13. The molecule has 5 nitrogen and oxygen atoms in total. The van der Waals surface area contributed by atoms with Crippen molar-refractivity contribution in [3.05, 3.63) is 30.0 Å². The van der Waals surface area contributed by atoms with Gasteiger partial charge in [0.05, 0.1) is 18.7 Å². The molecule has 0 aliphatic carbocycles. The van der Waals surface area contributed by atoms with Crippen molar-refractivity contribution < 1.29 is 9.53 Å². The molecule has 1 aromatic heterocycles. The molecule has 0 unspecified atom stereocenters. The Morgan fingerprint density at radius 2 is 2.21 bits per heavy atom. The Morgan fingerprint density at radius 3 is 2.89 bits per heavy atom. The van der Waals surface area contributed by atoms with Crippen molar-refractivity contribution in [2.24, 2.45) is 5.73 Å². The Bertz CT molecular complexity index is 611. The number of nitrogens with one attached hydrogen (secondary N) is 1. The van der Waals surface area contributed by atoms with Crippen LogP contribution >= 0.6 is 0 Å². The van der Waals surface area contributed by atoms with Gasteiger partial charge >= 0.3 is 0 Å². The molecule has 0 bridgehead atoms. The highest BCUT2D eigenvalue weighted by atomic mass is 16.5. The van der Waals surface area contributed by atoms with Gasteiger partial charge in [0, 0.05) is 16.8 Å². The lowest BCUT2D eigenvalue weighted by Gasteiger charge is -2.11. The van der Waals surface area contributed by atoms with E-state index in [1.165, 1.54) is 0 Å². The number of benzene rings is 1. The summed E-state index contributed by atoms with van der Waals surface area (Å²) in [6.07, 6.45) is 0. The summed E-state index contributed by atoms with van der Waals surface area (Å²) >= 11 is 0. The fourth-order valence-corrected chi connectivity index (χ4v) is 1.92. The molecule has 0 atom stereocenters. The third-order valence-electron chi connectivity index (χ3n) is 2.67. The van der Waals surface area contributed by atoms with E-state index in [-0.39, 0.29) is 6.54 Å². The average Bonchev–Trinajstić information content (AvgIpc) is 2.36. The van der Waals surface area contributed by atoms with Crippen molar-refractivity contribution >= 4 is 22.5 Å². The second kappa shape index (κ2) is 5.56. The molecule has 0 saturated carbocycles. The smallest absolute Gasteiger partial charge is 0.236 e. The van der Waals surface area contributed by atoms with E-state index in [9.17, 15) is 4.79 Å². The zero-order chi connectivity index (χ0) is 13.8. The maximum absolute atomic E-state index is 10.9. The molecule has 0 aliphatic rings. The van der Waals surface area contributed by atoms with Crippen LogP contribution in [0.5, 0.6) is 5.75 Å². The van der Waals surface area contributed by atoms with Gasteiger partial charge in [-0.15, -0.1) is 0 Å². The average molecular weight is 259 g/mol. The summed E-state index contributed by atoms with van der Waals surface area (Å²) in [5.74, 6) is 0.381. The van der Waals surface area contributed by atoms with Gasteiger partial charge in [-0.25, -0.2) is 0 Å². The first kappa shape index (κ1) is 13.1. The van der Waals surface area contributed by atoms with Gasteiger partial charge in [0.25, 0.3) is 0 Å². The van der Waals surface area contributed by atoms with E-state index in [4.69, 9.17) is 10.5 Å². The molecule has 0 radical (unpaired) electrons. The molecule has 5 heteroatoms. The van der Waals surface area contributed by atoms with Gasteiger partial charge in [0.15, 0.2) is 0 Å². The fourth-order valence-electron chi connectivity index (χ4n) is 1.92. The maximum atomic E-state index is 10.9. The number of carbonyl (C=O) groups excluding carboxylic acids is 1. The van der Waals surface area contributed by atoms with E-state index >= 15 is 0 Å². The van der Waals surface area contributed by atoms with E-state index in [0.717, 1.165) is 28.0 Å². The Kier molecular flexibility index (Phi) is 3.85. The number of hydrogen-bond acceptors (Lipinski definition) is 4. The number of anilines is 1. The number of amides is 1. The number of hydrogen-bond donors (Lipinski definition) is 2. The predicted octanol–water partition coefficient (Wildman–Crippen LogP) is 1.84. The lowest BCUT2D eigenvalue weighted by atomic mass is 10.1. The molecular formula is C14H17N3O2. The highest BCUT2D eigenvalue weighted by Crippen LogP contribution is 2.27. The molecule has 2 rings (SSSR count). The maximum Gasteiger partial charge on any atom is 0.236 e. The highest BCUT2D eigenvalue weighted by Gasteiger charge is 2.06. The second-order valence-corrected chi connectivity index (χ2v) is 4.24. The van der Waals surface area contributed by atoms with Crippen LogP contribution in [0, 0.1) is 6.92 Å². The quantitative estimate of drug-likeness (QED) is 0.859. The van der Waals surface area contributed by atoms with Crippen LogP contribution in [0.2, 0.25) is 0 Å². The number of aryl methyl sites for hydroxylation is 1. The minimum atomic E-state index is -0.399. The first-order chi connectivity index (χ1) is 9.10. The largest absolute Gasteiger partial charge is 0.494 e. The van der Waals surface area contributed by atoms with Crippen molar-refractivity contribution in [3.63, 3.8) is 0 Å². The summed E-state index contributed by atoms with van der Waals surface area (Å²) in [5, 5.41) is 3.94. The second-order valence-electron chi connectivity index (χ2n) is 4.24. The SMILES string of the molecule is CCOc1ccc2nc(C)cc(NCC(N)=O)c2c1. The molecule has 1 heterocycles. The molecule has 3 N–H and O–H groups in total. The van der Waals surface area contributed by atoms with Crippen LogP contribution in [0.15, 0.2) is 24.3 Å². The van der Waals surface area contributed by atoms with Gasteiger partial charge in [-0.1, -0.05) is 0 Å². The number of nitrogens with two attached hydrogens (primary N) is 1. The molecule has 2 aromatic rings. The van der Waals surface area contributed by atoms with Gasteiger partial charge in [-0.05, 0) is 38.1 Å². The number of aromatic nitrogens is 1. The normalized spacial score (nSPS) is 10.4. The summed E-state index contributed by atoms with van der Waals surface area (Å²) in [7, 11) is 0. The fraction of sp³-hybridized carbons (Fsp3) is 0.286. The number of rotatable bonds is 5. The molecule has 100 valence electrons. The van der Waals surface area contributed by atoms with Crippen LogP contribution < -0.4 is 15.8 Å². The summed E-state index contributed by atoms with van der Waals surface area (Å²) in [6, 6.07) is 7.59. The monoisotopic (exact) mass is 259 g/mol. The molecule has 19 heavy (non-hydrogen) atoms. The van der Waals surface area contributed by atoms with Crippen LogP contribution in [0.25, 0.3) is 10.9 Å². The standard InChI is InChI=1S/C14H17N3O2/c1-3-19-10-4-5-12-11(7-10)13(6-9(2)17-12)16-8-14(15)18/h4-7H,3,8H2,1-2H3,(H2,15,18)(H,16,17). The van der Waals surface area contributed by atoms with E-state index in [0.29, 0.717) is 6.61 Å². The minimum absolute atomic E-state index is 0.0947. The zero-order valence-electron chi connectivity index (χ0n) is 11.1. The van der Waals surface area contributed by atoms with Crippen LogP contribution in [0.1, 0.15) is 12.6 Å². The molecule has 1 aromatic carbocycles. The first-order valence-corrected chi connectivity index (χ1v) is 6.16. The number of carbonyl (C=O) groups is 1. The Hall–Kier alpha value is -2.30. The van der Waals surface area contributed by atoms with Crippen LogP contribution in [0.3, 0.4) is 0 Å². The number of ether oxygens (including phenoxy) is 1. The highest BCUT2D eigenvalue weighted by molar-refractivity contribution is 5.93. The van der Waals surface area contributed by atoms with E-state index < -0.39 is 5.91 Å². The number of fused-ring (bicyclic) bond motifs is 1. The zero-order valence-corrected chi connectivity index (χ0v) is 11.1. The van der Waals surface area contributed by atoms with Crippen LogP contribution in [0.4, 0.5) is 5.69 Å². The Morgan fingerprint density at radius 1 is 1.42 bits per heavy atom.